The monoisotopic (exact) mass is 459 g/mol. The van der Waals surface area contributed by atoms with Crippen molar-refractivity contribution in [3.05, 3.63) is 82.2 Å². The van der Waals surface area contributed by atoms with Crippen LogP contribution >= 0.6 is 11.3 Å². The lowest BCUT2D eigenvalue weighted by Gasteiger charge is -2.11. The Hall–Kier alpha value is -4.04. The van der Waals surface area contributed by atoms with E-state index in [0.29, 0.717) is 27.7 Å². The second kappa shape index (κ2) is 9.22. The number of benzene rings is 2. The fourth-order valence-electron chi connectivity index (χ4n) is 3.58. The molecule has 0 saturated carbocycles. The molecule has 0 saturated heterocycles. The van der Waals surface area contributed by atoms with Gasteiger partial charge in [-0.2, -0.15) is 0 Å². The van der Waals surface area contributed by atoms with Crippen LogP contribution in [0.3, 0.4) is 0 Å². The number of carbonyl (C=O) groups excluding carboxylic acids is 3. The molecular formula is C25H21N3O4S. The zero-order chi connectivity index (χ0) is 23.5. The van der Waals surface area contributed by atoms with Crippen LogP contribution in [0.15, 0.2) is 60.7 Å². The summed E-state index contributed by atoms with van der Waals surface area (Å²) in [6.07, 6.45) is 0. The van der Waals surface area contributed by atoms with Crippen LogP contribution in [-0.4, -0.2) is 29.4 Å². The highest BCUT2D eigenvalue weighted by Crippen LogP contribution is 2.34. The maximum absolute atomic E-state index is 13.4. The van der Waals surface area contributed by atoms with Gasteiger partial charge in [0.15, 0.2) is 0 Å². The molecule has 0 aliphatic heterocycles. The van der Waals surface area contributed by atoms with Gasteiger partial charge < -0.3 is 15.8 Å². The molecule has 33 heavy (non-hydrogen) atoms. The number of amides is 2. The molecule has 2 aromatic carbocycles. The Bertz CT molecular complexity index is 1380. The zero-order valence-electron chi connectivity index (χ0n) is 18.0. The van der Waals surface area contributed by atoms with Gasteiger partial charge in [0, 0.05) is 10.9 Å². The highest BCUT2D eigenvalue weighted by atomic mass is 32.1. The van der Waals surface area contributed by atoms with Crippen LogP contribution in [0.2, 0.25) is 0 Å². The number of fused-ring (bicyclic) bond motifs is 1. The Morgan fingerprint density at radius 2 is 1.76 bits per heavy atom. The van der Waals surface area contributed by atoms with Crippen molar-refractivity contribution >= 4 is 45.0 Å². The lowest BCUT2D eigenvalue weighted by Crippen LogP contribution is -2.18. The van der Waals surface area contributed by atoms with Crippen molar-refractivity contribution in [1.82, 2.24) is 4.98 Å². The Morgan fingerprint density at radius 1 is 1.06 bits per heavy atom. The van der Waals surface area contributed by atoms with E-state index in [1.807, 2.05) is 54.6 Å². The molecule has 4 rings (SSSR count). The molecule has 0 atom stereocenters. The molecular weight excluding hydrogens is 438 g/mol. The van der Waals surface area contributed by atoms with E-state index in [4.69, 9.17) is 15.5 Å². The normalized spacial score (nSPS) is 10.7. The van der Waals surface area contributed by atoms with Crippen molar-refractivity contribution < 1.29 is 19.1 Å². The minimum Gasteiger partial charge on any atom is -0.462 e. The van der Waals surface area contributed by atoms with E-state index < -0.39 is 17.8 Å². The molecule has 2 amide bonds. The number of rotatable bonds is 6. The number of carbonyl (C=O) groups is 3. The highest BCUT2D eigenvalue weighted by Gasteiger charge is 2.26. The number of nitrogens with two attached hydrogens (primary N) is 1. The number of thiophene rings is 1. The van der Waals surface area contributed by atoms with E-state index in [1.54, 1.807) is 19.9 Å². The van der Waals surface area contributed by atoms with Crippen LogP contribution in [0.4, 0.5) is 5.00 Å². The number of nitrogens with one attached hydrogen (secondary N) is 1. The Labute approximate surface area is 194 Å². The van der Waals surface area contributed by atoms with Crippen LogP contribution in [-0.2, 0) is 4.74 Å². The van der Waals surface area contributed by atoms with Crippen molar-refractivity contribution in [2.24, 2.45) is 5.73 Å². The van der Waals surface area contributed by atoms with Crippen LogP contribution in [0.1, 0.15) is 42.9 Å². The molecule has 2 aromatic heterocycles. The molecule has 0 bridgehead atoms. The lowest BCUT2D eigenvalue weighted by molar-refractivity contribution is 0.0531. The molecule has 0 unspecified atom stereocenters. The summed E-state index contributed by atoms with van der Waals surface area (Å²) < 4.78 is 5.07. The fraction of sp³-hybridized carbons (Fsp3) is 0.120. The molecule has 0 fully saturated rings. The SMILES string of the molecule is CCOC(=O)c1sc(NC(=O)c2cc(-c3ccccc3)nc3ccccc23)c(C(N)=O)c1C. The number of hydrogen-bond donors (Lipinski definition) is 2. The number of para-hydroxylation sites is 1. The molecule has 0 radical (unpaired) electrons. The third-order valence-electron chi connectivity index (χ3n) is 5.11. The quantitative estimate of drug-likeness (QED) is 0.402. The van der Waals surface area contributed by atoms with Crippen LogP contribution in [0.5, 0.6) is 0 Å². The zero-order valence-corrected chi connectivity index (χ0v) is 18.9. The minimum atomic E-state index is -0.737. The summed E-state index contributed by atoms with van der Waals surface area (Å²) in [6.45, 7) is 3.49. The van der Waals surface area contributed by atoms with Gasteiger partial charge in [-0.15, -0.1) is 11.3 Å². The van der Waals surface area contributed by atoms with Crippen molar-refractivity contribution in [3.8, 4) is 11.3 Å². The van der Waals surface area contributed by atoms with Crippen LogP contribution < -0.4 is 11.1 Å². The summed E-state index contributed by atoms with van der Waals surface area (Å²) in [5.74, 6) is -1.74. The molecule has 3 N–H and O–H groups in total. The standard InChI is InChI=1S/C25H21N3O4S/c1-3-32-25(31)21-14(2)20(22(26)29)24(33-21)28-23(30)17-13-19(15-9-5-4-6-10-15)27-18-12-8-7-11-16(17)18/h4-13H,3H2,1-2H3,(H2,26,29)(H,28,30). The van der Waals surface area contributed by atoms with Crippen molar-refractivity contribution in [2.45, 2.75) is 13.8 Å². The first-order valence-corrected chi connectivity index (χ1v) is 11.1. The first kappa shape index (κ1) is 22.2. The predicted octanol–water partition coefficient (Wildman–Crippen LogP) is 4.80. The Kier molecular flexibility index (Phi) is 6.19. The summed E-state index contributed by atoms with van der Waals surface area (Å²) in [7, 11) is 0. The number of anilines is 1. The second-order valence-corrected chi connectivity index (χ2v) is 8.26. The van der Waals surface area contributed by atoms with Gasteiger partial charge in [-0.25, -0.2) is 9.78 Å². The summed E-state index contributed by atoms with van der Waals surface area (Å²) in [5, 5.41) is 3.65. The van der Waals surface area contributed by atoms with E-state index in [2.05, 4.69) is 5.32 Å². The van der Waals surface area contributed by atoms with Gasteiger partial charge in [0.05, 0.1) is 28.9 Å². The van der Waals surface area contributed by atoms with Gasteiger partial charge in [-0.05, 0) is 31.5 Å². The first-order valence-electron chi connectivity index (χ1n) is 10.3. The third-order valence-corrected chi connectivity index (χ3v) is 6.30. The van der Waals surface area contributed by atoms with Crippen LogP contribution in [0.25, 0.3) is 22.2 Å². The van der Waals surface area contributed by atoms with Crippen molar-refractivity contribution in [1.29, 1.82) is 0 Å². The fourth-order valence-corrected chi connectivity index (χ4v) is 4.68. The second-order valence-electron chi connectivity index (χ2n) is 7.24. The topological polar surface area (TPSA) is 111 Å². The molecule has 0 aliphatic rings. The number of nitrogens with zero attached hydrogens (tertiary/aromatic N) is 1. The number of hydrogen-bond acceptors (Lipinski definition) is 6. The van der Waals surface area contributed by atoms with Gasteiger partial charge in [0.25, 0.3) is 11.8 Å². The summed E-state index contributed by atoms with van der Waals surface area (Å²) >= 11 is 0.969. The van der Waals surface area contributed by atoms with E-state index in [1.165, 1.54) is 0 Å². The molecule has 8 heteroatoms. The van der Waals surface area contributed by atoms with Gasteiger partial charge in [-0.1, -0.05) is 48.5 Å². The van der Waals surface area contributed by atoms with Gasteiger partial charge in [-0.3, -0.25) is 9.59 Å². The van der Waals surface area contributed by atoms with Gasteiger partial charge in [0.2, 0.25) is 0 Å². The number of primary amides is 1. The van der Waals surface area contributed by atoms with E-state index in [9.17, 15) is 14.4 Å². The van der Waals surface area contributed by atoms with Crippen molar-refractivity contribution in [2.75, 3.05) is 11.9 Å². The predicted molar refractivity (Wildman–Crippen MR) is 129 cm³/mol. The third kappa shape index (κ3) is 4.33. The number of ether oxygens (including phenoxy) is 1. The number of aromatic nitrogens is 1. The molecule has 4 aromatic rings. The largest absolute Gasteiger partial charge is 0.462 e. The number of pyridine rings is 1. The maximum Gasteiger partial charge on any atom is 0.348 e. The van der Waals surface area contributed by atoms with Gasteiger partial charge in [0.1, 0.15) is 9.88 Å². The summed E-state index contributed by atoms with van der Waals surface area (Å²) in [6, 6.07) is 18.6. The maximum atomic E-state index is 13.4. The van der Waals surface area contributed by atoms with E-state index in [-0.39, 0.29) is 22.0 Å². The number of esters is 1. The van der Waals surface area contributed by atoms with E-state index >= 15 is 0 Å². The summed E-state index contributed by atoms with van der Waals surface area (Å²) in [4.78, 5) is 42.7. The summed E-state index contributed by atoms with van der Waals surface area (Å²) in [5.41, 5.74) is 8.60. The molecule has 0 aliphatic carbocycles. The Balaban J connectivity index is 1.79. The average molecular weight is 460 g/mol. The molecule has 7 nitrogen and oxygen atoms in total. The molecule has 2 heterocycles. The molecule has 0 spiro atoms. The van der Waals surface area contributed by atoms with Gasteiger partial charge >= 0.3 is 5.97 Å². The van der Waals surface area contributed by atoms with Crippen LogP contribution in [0, 0.1) is 6.92 Å². The first-order chi connectivity index (χ1) is 15.9. The highest BCUT2D eigenvalue weighted by molar-refractivity contribution is 7.18. The van der Waals surface area contributed by atoms with E-state index in [0.717, 1.165) is 16.9 Å². The van der Waals surface area contributed by atoms with Crippen molar-refractivity contribution in [3.63, 3.8) is 0 Å². The Morgan fingerprint density at radius 3 is 2.45 bits per heavy atom. The minimum absolute atomic E-state index is 0.0954. The average Bonchev–Trinajstić information content (AvgIpc) is 3.14. The smallest absolute Gasteiger partial charge is 0.348 e. The lowest BCUT2D eigenvalue weighted by atomic mass is 10.0. The molecule has 166 valence electrons.